The van der Waals surface area contributed by atoms with Gasteiger partial charge in [0.1, 0.15) is 5.56 Å². The summed E-state index contributed by atoms with van der Waals surface area (Å²) in [6, 6.07) is 1.64. The lowest BCUT2D eigenvalue weighted by atomic mass is 10.0. The average Bonchev–Trinajstić information content (AvgIpc) is 2.55. The molecule has 0 aliphatic carbocycles. The van der Waals surface area contributed by atoms with Crippen LogP contribution in [0.5, 0.6) is 0 Å². The van der Waals surface area contributed by atoms with E-state index in [4.69, 9.17) is 0 Å². The molecule has 0 unspecified atom stereocenters. The van der Waals surface area contributed by atoms with E-state index in [9.17, 15) is 14.4 Å². The van der Waals surface area contributed by atoms with Crippen molar-refractivity contribution in [1.82, 2.24) is 19.4 Å². The summed E-state index contributed by atoms with van der Waals surface area (Å²) in [4.78, 5) is 45.1. The summed E-state index contributed by atoms with van der Waals surface area (Å²) in [7, 11) is 1.66. The largest absolute Gasteiger partial charge is 0.332 e. The van der Waals surface area contributed by atoms with Crippen LogP contribution >= 0.6 is 0 Å². The third kappa shape index (κ3) is 2.48. The Bertz CT molecular complexity index is 911. The Balaban J connectivity index is 1.97. The van der Waals surface area contributed by atoms with E-state index in [2.05, 4.69) is 9.97 Å². The Labute approximate surface area is 132 Å². The third-order valence-corrected chi connectivity index (χ3v) is 4.50. The highest BCUT2D eigenvalue weighted by atomic mass is 16.2. The van der Waals surface area contributed by atoms with Crippen molar-refractivity contribution in [3.05, 3.63) is 61.2 Å². The number of nitrogens with zero attached hydrogens (tertiary/aromatic N) is 3. The number of carbonyl (C=O) groups is 1. The van der Waals surface area contributed by atoms with Crippen molar-refractivity contribution in [2.24, 2.45) is 7.05 Å². The van der Waals surface area contributed by atoms with Crippen LogP contribution in [-0.2, 0) is 20.0 Å². The normalized spacial score (nSPS) is 13.8. The van der Waals surface area contributed by atoms with Gasteiger partial charge in [0.15, 0.2) is 0 Å². The summed E-state index contributed by atoms with van der Waals surface area (Å²) >= 11 is 0. The molecule has 1 amide bonds. The number of hydrogen-bond donors (Lipinski definition) is 1. The van der Waals surface area contributed by atoms with Gasteiger partial charge < -0.3 is 14.5 Å². The fourth-order valence-electron chi connectivity index (χ4n) is 2.84. The van der Waals surface area contributed by atoms with Gasteiger partial charge in [0.25, 0.3) is 17.0 Å². The molecule has 0 bridgehead atoms. The first-order valence-corrected chi connectivity index (χ1v) is 7.42. The molecule has 0 atom stereocenters. The number of H-pyrrole nitrogens is 1. The van der Waals surface area contributed by atoms with Gasteiger partial charge in [-0.05, 0) is 31.9 Å². The van der Waals surface area contributed by atoms with Crippen molar-refractivity contribution in [2.45, 2.75) is 26.8 Å². The molecular weight excluding hydrogens is 296 g/mol. The van der Waals surface area contributed by atoms with Crippen LogP contribution in [0.3, 0.4) is 0 Å². The smallest absolute Gasteiger partial charge is 0.263 e. The van der Waals surface area contributed by atoms with E-state index in [1.54, 1.807) is 18.0 Å². The molecule has 0 saturated carbocycles. The summed E-state index contributed by atoms with van der Waals surface area (Å²) < 4.78 is 1.49. The van der Waals surface area contributed by atoms with Crippen molar-refractivity contribution in [1.29, 1.82) is 0 Å². The number of hydrogen-bond acceptors (Lipinski definition) is 4. The van der Waals surface area contributed by atoms with Crippen molar-refractivity contribution < 1.29 is 4.79 Å². The molecule has 7 heteroatoms. The molecule has 3 rings (SSSR count). The van der Waals surface area contributed by atoms with E-state index in [1.165, 1.54) is 10.9 Å². The maximum atomic E-state index is 12.7. The molecule has 0 fully saturated rings. The van der Waals surface area contributed by atoms with E-state index in [0.29, 0.717) is 24.2 Å². The average molecular weight is 314 g/mol. The van der Waals surface area contributed by atoms with Crippen LogP contribution < -0.4 is 11.1 Å². The number of aryl methyl sites for hydroxylation is 1. The van der Waals surface area contributed by atoms with E-state index >= 15 is 0 Å². The Hall–Kier alpha value is -2.70. The van der Waals surface area contributed by atoms with Gasteiger partial charge in [0.2, 0.25) is 0 Å². The summed E-state index contributed by atoms with van der Waals surface area (Å²) in [6.45, 7) is 4.36. The second kappa shape index (κ2) is 5.49. The molecule has 1 aliphatic rings. The Morgan fingerprint density at radius 2 is 2.04 bits per heavy atom. The lowest BCUT2D eigenvalue weighted by molar-refractivity contribution is 0.0728. The van der Waals surface area contributed by atoms with Crippen molar-refractivity contribution >= 4 is 5.91 Å². The number of carbonyl (C=O) groups excluding carboxylic acids is 1. The second-order valence-corrected chi connectivity index (χ2v) is 5.82. The Morgan fingerprint density at radius 3 is 2.78 bits per heavy atom. The van der Waals surface area contributed by atoms with Crippen LogP contribution in [0.2, 0.25) is 0 Å². The predicted octanol–water partition coefficient (Wildman–Crippen LogP) is 0.284. The van der Waals surface area contributed by atoms with E-state index in [0.717, 1.165) is 11.3 Å². The monoisotopic (exact) mass is 314 g/mol. The molecule has 1 N–H and O–H groups in total. The Morgan fingerprint density at radius 1 is 1.30 bits per heavy atom. The first kappa shape index (κ1) is 15.2. The molecule has 0 saturated heterocycles. The number of nitrogens with one attached hydrogen (secondary N) is 1. The van der Waals surface area contributed by atoms with Gasteiger partial charge in [0.05, 0.1) is 18.6 Å². The molecule has 23 heavy (non-hydrogen) atoms. The molecule has 0 radical (unpaired) electrons. The molecule has 2 aromatic rings. The molecular formula is C16H18N4O3. The van der Waals surface area contributed by atoms with E-state index in [-0.39, 0.29) is 29.1 Å². The maximum absolute atomic E-state index is 12.7. The van der Waals surface area contributed by atoms with Gasteiger partial charge in [-0.2, -0.15) is 0 Å². The van der Waals surface area contributed by atoms with Crippen LogP contribution in [0.15, 0.2) is 22.0 Å². The van der Waals surface area contributed by atoms with Crippen LogP contribution in [0.1, 0.15) is 32.9 Å². The molecule has 7 nitrogen and oxygen atoms in total. The number of rotatable bonds is 1. The minimum Gasteiger partial charge on any atom is -0.332 e. The molecule has 3 heterocycles. The molecule has 0 aromatic carbocycles. The third-order valence-electron chi connectivity index (χ3n) is 4.50. The highest BCUT2D eigenvalue weighted by molar-refractivity contribution is 5.94. The first-order chi connectivity index (χ1) is 10.9. The number of aromatic nitrogens is 3. The SMILES string of the molecule is Cc1cc(C(=O)N2CCc3c(nc[nH]c3=O)C2)c(=O)n(C)c1C. The summed E-state index contributed by atoms with van der Waals surface area (Å²) in [5, 5.41) is 0. The molecule has 0 spiro atoms. The van der Waals surface area contributed by atoms with E-state index in [1.807, 2.05) is 13.8 Å². The zero-order chi connectivity index (χ0) is 16.7. The molecule has 120 valence electrons. The fourth-order valence-corrected chi connectivity index (χ4v) is 2.84. The fraction of sp³-hybridized carbons (Fsp3) is 0.375. The van der Waals surface area contributed by atoms with E-state index < -0.39 is 0 Å². The number of fused-ring (bicyclic) bond motifs is 1. The predicted molar refractivity (Wildman–Crippen MR) is 84.5 cm³/mol. The summed E-state index contributed by atoms with van der Waals surface area (Å²) in [6.07, 6.45) is 1.78. The van der Waals surface area contributed by atoms with Gasteiger partial charge >= 0.3 is 0 Å². The van der Waals surface area contributed by atoms with Crippen LogP contribution in [0, 0.1) is 13.8 Å². The van der Waals surface area contributed by atoms with Crippen LogP contribution in [0.4, 0.5) is 0 Å². The van der Waals surface area contributed by atoms with Gasteiger partial charge in [-0.3, -0.25) is 14.4 Å². The van der Waals surface area contributed by atoms with Crippen LogP contribution in [-0.4, -0.2) is 31.9 Å². The standard InChI is InChI=1S/C16H18N4O3/c1-9-6-12(15(22)19(3)10(9)2)16(23)20-5-4-11-13(7-20)17-8-18-14(11)21/h6,8H,4-5,7H2,1-3H3,(H,17,18,21). The quantitative estimate of drug-likeness (QED) is 0.819. The minimum atomic E-state index is -0.318. The maximum Gasteiger partial charge on any atom is 0.263 e. The van der Waals surface area contributed by atoms with Crippen molar-refractivity contribution in [2.75, 3.05) is 6.54 Å². The summed E-state index contributed by atoms with van der Waals surface area (Å²) in [5.41, 5.74) is 2.63. The molecule has 2 aromatic heterocycles. The highest BCUT2D eigenvalue weighted by Gasteiger charge is 2.26. The van der Waals surface area contributed by atoms with Gasteiger partial charge in [-0.1, -0.05) is 0 Å². The highest BCUT2D eigenvalue weighted by Crippen LogP contribution is 2.16. The lowest BCUT2D eigenvalue weighted by Gasteiger charge is -2.27. The van der Waals surface area contributed by atoms with Gasteiger partial charge in [-0.25, -0.2) is 4.98 Å². The minimum absolute atomic E-state index is 0.156. The molecule has 1 aliphatic heterocycles. The zero-order valence-corrected chi connectivity index (χ0v) is 13.3. The zero-order valence-electron chi connectivity index (χ0n) is 13.3. The van der Waals surface area contributed by atoms with Crippen molar-refractivity contribution in [3.63, 3.8) is 0 Å². The number of pyridine rings is 1. The second-order valence-electron chi connectivity index (χ2n) is 5.82. The van der Waals surface area contributed by atoms with Crippen LogP contribution in [0.25, 0.3) is 0 Å². The first-order valence-electron chi connectivity index (χ1n) is 7.42. The summed E-state index contributed by atoms with van der Waals surface area (Å²) in [5.74, 6) is -0.318. The van der Waals surface area contributed by atoms with Gasteiger partial charge in [0, 0.05) is 24.8 Å². The number of amides is 1. The topological polar surface area (TPSA) is 88.1 Å². The Kier molecular flexibility index (Phi) is 3.63. The lowest BCUT2D eigenvalue weighted by Crippen LogP contribution is -2.41. The van der Waals surface area contributed by atoms with Crippen molar-refractivity contribution in [3.8, 4) is 0 Å². The van der Waals surface area contributed by atoms with Gasteiger partial charge in [-0.15, -0.1) is 0 Å². The number of aromatic amines is 1.